The molecule has 1 rings (SSSR count). The number of carbonyl (C=O) groups is 1. The first kappa shape index (κ1) is 14.3. The highest BCUT2D eigenvalue weighted by Crippen LogP contribution is 2.30. The predicted octanol–water partition coefficient (Wildman–Crippen LogP) is 3.23. The summed E-state index contributed by atoms with van der Waals surface area (Å²) in [4.78, 5) is 11.5. The van der Waals surface area contributed by atoms with Crippen LogP contribution in [0.15, 0.2) is 18.2 Å². The van der Waals surface area contributed by atoms with Crippen molar-refractivity contribution in [2.24, 2.45) is 5.92 Å². The Morgan fingerprint density at radius 2 is 1.88 bits per heavy atom. The van der Waals surface area contributed by atoms with Gasteiger partial charge in [0.15, 0.2) is 0 Å². The number of aliphatic hydroxyl groups excluding tert-OH is 1. The van der Waals surface area contributed by atoms with Crippen molar-refractivity contribution < 1.29 is 14.6 Å². The number of hydrogen-bond donors (Lipinski definition) is 1. The normalized spacial score (nSPS) is 14.2. The van der Waals surface area contributed by atoms with Crippen LogP contribution in [0.2, 0.25) is 10.0 Å². The number of rotatable bonds is 4. The first-order chi connectivity index (χ1) is 7.99. The number of hydrogen-bond acceptors (Lipinski definition) is 3. The van der Waals surface area contributed by atoms with Crippen LogP contribution < -0.4 is 0 Å². The summed E-state index contributed by atoms with van der Waals surface area (Å²) in [5.41, 5.74) is 0.514. The van der Waals surface area contributed by atoms with Crippen molar-refractivity contribution in [3.63, 3.8) is 0 Å². The lowest BCUT2D eigenvalue weighted by atomic mass is 9.93. The monoisotopic (exact) mass is 276 g/mol. The zero-order valence-electron chi connectivity index (χ0n) is 9.61. The predicted molar refractivity (Wildman–Crippen MR) is 67.2 cm³/mol. The molecule has 0 heterocycles. The summed E-state index contributed by atoms with van der Waals surface area (Å²) in [6.07, 6.45) is -0.499. The Labute approximate surface area is 110 Å². The molecule has 0 fully saturated rings. The van der Waals surface area contributed by atoms with E-state index >= 15 is 0 Å². The first-order valence-electron chi connectivity index (χ1n) is 5.21. The molecule has 1 N–H and O–H groups in total. The molecule has 3 nitrogen and oxygen atoms in total. The summed E-state index contributed by atoms with van der Waals surface area (Å²) in [6, 6.07) is 4.74. The van der Waals surface area contributed by atoms with Gasteiger partial charge >= 0.3 is 5.97 Å². The van der Waals surface area contributed by atoms with E-state index in [4.69, 9.17) is 23.2 Å². The molecule has 0 spiro atoms. The van der Waals surface area contributed by atoms with Crippen LogP contribution in [0.1, 0.15) is 25.0 Å². The summed E-state index contributed by atoms with van der Waals surface area (Å²) in [7, 11) is 1.29. The Bertz CT molecular complexity index is 386. The van der Waals surface area contributed by atoms with Crippen LogP contribution in [-0.2, 0) is 9.53 Å². The molecule has 0 radical (unpaired) electrons. The highest BCUT2D eigenvalue weighted by Gasteiger charge is 2.27. The van der Waals surface area contributed by atoms with Crippen LogP contribution >= 0.6 is 23.2 Å². The molecule has 5 heteroatoms. The van der Waals surface area contributed by atoms with E-state index < -0.39 is 18.0 Å². The standard InChI is InChI=1S/C12H14Cl2O3/c1-3-10(12(16)17-2)11(15)7-4-8(13)6-9(14)5-7/h4-6,10-11,15H,3H2,1-2H3. The third-order valence-corrected chi connectivity index (χ3v) is 2.99. The molecule has 2 unspecified atom stereocenters. The maximum Gasteiger partial charge on any atom is 0.311 e. The van der Waals surface area contributed by atoms with Crippen LogP contribution in [0.25, 0.3) is 0 Å². The zero-order valence-corrected chi connectivity index (χ0v) is 11.1. The van der Waals surface area contributed by atoms with E-state index in [0.29, 0.717) is 22.0 Å². The summed E-state index contributed by atoms with van der Waals surface area (Å²) >= 11 is 11.7. The van der Waals surface area contributed by atoms with Crippen LogP contribution in [0, 0.1) is 5.92 Å². The minimum absolute atomic E-state index is 0.422. The molecule has 0 aliphatic heterocycles. The molecule has 0 saturated carbocycles. The van der Waals surface area contributed by atoms with Gasteiger partial charge < -0.3 is 9.84 Å². The molecule has 17 heavy (non-hydrogen) atoms. The Morgan fingerprint density at radius 3 is 2.29 bits per heavy atom. The fraction of sp³-hybridized carbons (Fsp3) is 0.417. The lowest BCUT2D eigenvalue weighted by molar-refractivity contribution is -0.149. The summed E-state index contributed by atoms with van der Waals surface area (Å²) in [5, 5.41) is 11.0. The Balaban J connectivity index is 3.01. The van der Waals surface area contributed by atoms with Crippen molar-refractivity contribution in [1.29, 1.82) is 0 Å². The van der Waals surface area contributed by atoms with Crippen molar-refractivity contribution in [2.45, 2.75) is 19.4 Å². The number of methoxy groups -OCH3 is 1. The van der Waals surface area contributed by atoms with E-state index in [1.54, 1.807) is 25.1 Å². The fourth-order valence-electron chi connectivity index (χ4n) is 1.65. The molecule has 0 amide bonds. The van der Waals surface area contributed by atoms with Gasteiger partial charge in [-0.15, -0.1) is 0 Å². The van der Waals surface area contributed by atoms with E-state index in [9.17, 15) is 9.90 Å². The van der Waals surface area contributed by atoms with E-state index in [1.807, 2.05) is 0 Å². The number of benzene rings is 1. The smallest absolute Gasteiger partial charge is 0.311 e. The van der Waals surface area contributed by atoms with Gasteiger partial charge in [0.25, 0.3) is 0 Å². The van der Waals surface area contributed by atoms with Crippen molar-refractivity contribution in [3.05, 3.63) is 33.8 Å². The molecular weight excluding hydrogens is 263 g/mol. The molecule has 2 atom stereocenters. The minimum atomic E-state index is -0.969. The van der Waals surface area contributed by atoms with Crippen molar-refractivity contribution in [3.8, 4) is 0 Å². The van der Waals surface area contributed by atoms with Crippen molar-refractivity contribution >= 4 is 29.2 Å². The zero-order chi connectivity index (χ0) is 13.0. The van der Waals surface area contributed by atoms with Gasteiger partial charge in [0.05, 0.1) is 19.1 Å². The third kappa shape index (κ3) is 3.60. The summed E-state index contributed by atoms with van der Waals surface area (Å²) in [5.74, 6) is -1.06. The van der Waals surface area contributed by atoms with Crippen LogP contribution in [0.4, 0.5) is 0 Å². The highest BCUT2D eigenvalue weighted by atomic mass is 35.5. The number of ether oxygens (including phenoxy) is 1. The number of carbonyl (C=O) groups excluding carboxylic acids is 1. The SMILES string of the molecule is CCC(C(=O)OC)C(O)c1cc(Cl)cc(Cl)c1. The van der Waals surface area contributed by atoms with Gasteiger partial charge in [0.1, 0.15) is 0 Å². The Morgan fingerprint density at radius 1 is 1.35 bits per heavy atom. The minimum Gasteiger partial charge on any atom is -0.469 e. The molecular formula is C12H14Cl2O3. The van der Waals surface area contributed by atoms with E-state index in [-0.39, 0.29) is 0 Å². The molecule has 94 valence electrons. The average Bonchev–Trinajstić information content (AvgIpc) is 2.28. The maximum absolute atomic E-state index is 11.5. The molecule has 0 aliphatic rings. The average molecular weight is 277 g/mol. The molecule has 0 bridgehead atoms. The van der Waals surface area contributed by atoms with Crippen LogP contribution in [0.5, 0.6) is 0 Å². The topological polar surface area (TPSA) is 46.5 Å². The number of halogens is 2. The van der Waals surface area contributed by atoms with Crippen LogP contribution in [0.3, 0.4) is 0 Å². The highest BCUT2D eigenvalue weighted by molar-refractivity contribution is 6.34. The third-order valence-electron chi connectivity index (χ3n) is 2.55. The van der Waals surface area contributed by atoms with Gasteiger partial charge in [0.2, 0.25) is 0 Å². The van der Waals surface area contributed by atoms with Crippen molar-refractivity contribution in [2.75, 3.05) is 7.11 Å². The maximum atomic E-state index is 11.5. The van der Waals surface area contributed by atoms with E-state index in [1.165, 1.54) is 7.11 Å². The van der Waals surface area contributed by atoms with E-state index in [0.717, 1.165) is 0 Å². The first-order valence-corrected chi connectivity index (χ1v) is 5.97. The second-order valence-electron chi connectivity index (χ2n) is 3.69. The van der Waals surface area contributed by atoms with Gasteiger partial charge in [-0.2, -0.15) is 0 Å². The fourth-order valence-corrected chi connectivity index (χ4v) is 2.19. The lowest BCUT2D eigenvalue weighted by Gasteiger charge is -2.20. The largest absolute Gasteiger partial charge is 0.469 e. The molecule has 1 aromatic rings. The quantitative estimate of drug-likeness (QED) is 0.859. The second-order valence-corrected chi connectivity index (χ2v) is 4.56. The van der Waals surface area contributed by atoms with Crippen LogP contribution in [-0.4, -0.2) is 18.2 Å². The van der Waals surface area contributed by atoms with Gasteiger partial charge in [0, 0.05) is 10.0 Å². The van der Waals surface area contributed by atoms with Gasteiger partial charge in [-0.25, -0.2) is 0 Å². The lowest BCUT2D eigenvalue weighted by Crippen LogP contribution is -2.23. The van der Waals surface area contributed by atoms with Gasteiger partial charge in [-0.05, 0) is 30.2 Å². The van der Waals surface area contributed by atoms with Gasteiger partial charge in [-0.3, -0.25) is 4.79 Å². The Hall–Kier alpha value is -0.770. The second kappa shape index (κ2) is 6.24. The number of esters is 1. The number of aliphatic hydroxyl groups is 1. The molecule has 1 aromatic carbocycles. The molecule has 0 saturated heterocycles. The summed E-state index contributed by atoms with van der Waals surface area (Å²) < 4.78 is 4.64. The molecule has 0 aromatic heterocycles. The van der Waals surface area contributed by atoms with Gasteiger partial charge in [-0.1, -0.05) is 30.1 Å². The molecule has 0 aliphatic carbocycles. The van der Waals surface area contributed by atoms with Crippen molar-refractivity contribution in [1.82, 2.24) is 0 Å². The van der Waals surface area contributed by atoms with E-state index in [2.05, 4.69) is 4.74 Å². The Kier molecular flexibility index (Phi) is 5.25. The summed E-state index contributed by atoms with van der Waals surface area (Å²) in [6.45, 7) is 1.80.